The van der Waals surface area contributed by atoms with Crippen molar-refractivity contribution in [3.8, 4) is 0 Å². The van der Waals surface area contributed by atoms with Crippen LogP contribution in [0.2, 0.25) is 0 Å². The maximum Gasteiger partial charge on any atom is 0.244 e. The van der Waals surface area contributed by atoms with Gasteiger partial charge in [0, 0.05) is 38.9 Å². The summed E-state index contributed by atoms with van der Waals surface area (Å²) in [5.74, 6) is 2.44. The van der Waals surface area contributed by atoms with Crippen LogP contribution in [-0.4, -0.2) is 46.3 Å². The first-order valence-corrected chi connectivity index (χ1v) is 9.18. The van der Waals surface area contributed by atoms with Crippen molar-refractivity contribution >= 4 is 17.6 Å². The van der Waals surface area contributed by atoms with Gasteiger partial charge in [0.15, 0.2) is 5.82 Å². The maximum atomic E-state index is 4.63. The number of piperazine rings is 1. The number of benzene rings is 1. The number of anilines is 3. The number of nitrogens with one attached hydrogen (secondary N) is 1. The summed E-state index contributed by atoms with van der Waals surface area (Å²) in [4.78, 5) is 13.6. The summed E-state index contributed by atoms with van der Waals surface area (Å²) >= 11 is 0. The van der Waals surface area contributed by atoms with Crippen LogP contribution in [0.3, 0.4) is 0 Å². The molecule has 3 heterocycles. The third-order valence-electron chi connectivity index (χ3n) is 4.69. The molecule has 1 N–H and O–H groups in total. The summed E-state index contributed by atoms with van der Waals surface area (Å²) in [6.45, 7) is 6.35. The predicted molar refractivity (Wildman–Crippen MR) is 107 cm³/mol. The van der Waals surface area contributed by atoms with Crippen LogP contribution in [0, 0.1) is 6.92 Å². The summed E-state index contributed by atoms with van der Waals surface area (Å²) in [5, 5.41) is 11.5. The highest BCUT2D eigenvalue weighted by Crippen LogP contribution is 2.17. The van der Waals surface area contributed by atoms with E-state index in [2.05, 4.69) is 72.5 Å². The van der Waals surface area contributed by atoms with Crippen LogP contribution in [0.1, 0.15) is 11.1 Å². The Morgan fingerprint density at radius 3 is 2.37 bits per heavy atom. The van der Waals surface area contributed by atoms with Gasteiger partial charge in [0.25, 0.3) is 0 Å². The summed E-state index contributed by atoms with van der Waals surface area (Å²) in [5.41, 5.74) is 2.45. The van der Waals surface area contributed by atoms with Gasteiger partial charge in [-0.1, -0.05) is 35.9 Å². The van der Waals surface area contributed by atoms with Crippen LogP contribution in [0.15, 0.2) is 54.9 Å². The third kappa shape index (κ3) is 4.31. The molecule has 0 bridgehead atoms. The molecular weight excluding hydrogens is 338 g/mol. The molecule has 1 aliphatic rings. The average molecular weight is 361 g/mol. The molecule has 1 saturated heterocycles. The molecule has 138 valence electrons. The van der Waals surface area contributed by atoms with Gasteiger partial charge in [0.1, 0.15) is 5.82 Å². The van der Waals surface area contributed by atoms with Crippen LogP contribution in [0.4, 0.5) is 17.6 Å². The molecule has 0 aliphatic carbocycles. The minimum atomic E-state index is 0.556. The molecule has 27 heavy (non-hydrogen) atoms. The molecule has 1 fully saturated rings. The Labute approximate surface area is 159 Å². The normalized spacial score (nSPS) is 14.3. The second kappa shape index (κ2) is 7.99. The van der Waals surface area contributed by atoms with Gasteiger partial charge in [0.05, 0.1) is 6.20 Å². The summed E-state index contributed by atoms with van der Waals surface area (Å²) in [6, 6.07) is 14.4. The van der Waals surface area contributed by atoms with E-state index in [4.69, 9.17) is 0 Å². The third-order valence-corrected chi connectivity index (χ3v) is 4.69. The number of aryl methyl sites for hydroxylation is 1. The highest BCUT2D eigenvalue weighted by atomic mass is 15.3. The molecule has 3 aromatic rings. The van der Waals surface area contributed by atoms with Crippen LogP contribution in [-0.2, 0) is 6.54 Å². The fraction of sp³-hybridized carbons (Fsp3) is 0.300. The van der Waals surface area contributed by atoms with Crippen molar-refractivity contribution in [3.05, 3.63) is 66.0 Å². The topological polar surface area (TPSA) is 70.1 Å². The number of aromatic nitrogens is 4. The first-order valence-electron chi connectivity index (χ1n) is 9.18. The molecule has 1 aromatic carbocycles. The van der Waals surface area contributed by atoms with E-state index in [1.807, 2.05) is 18.3 Å². The highest BCUT2D eigenvalue weighted by Gasteiger charge is 2.19. The summed E-state index contributed by atoms with van der Waals surface area (Å²) in [7, 11) is 0. The highest BCUT2D eigenvalue weighted by molar-refractivity contribution is 5.45. The number of pyridine rings is 1. The first kappa shape index (κ1) is 17.2. The standard InChI is InChI=1S/C20H23N7/c1-16-5-7-17(8-6-16)14-22-20-24-19(15-23-25-20)27-12-10-26(11-13-27)18-4-2-3-9-21-18/h2-9,15H,10-14H2,1H3,(H,22,24,25). The fourth-order valence-corrected chi connectivity index (χ4v) is 3.11. The predicted octanol–water partition coefficient (Wildman–Crippen LogP) is 2.51. The Kier molecular flexibility index (Phi) is 5.09. The van der Waals surface area contributed by atoms with E-state index in [-0.39, 0.29) is 0 Å². The quantitative estimate of drug-likeness (QED) is 0.749. The minimum Gasteiger partial charge on any atom is -0.353 e. The van der Waals surface area contributed by atoms with E-state index in [1.54, 1.807) is 6.20 Å². The number of hydrogen-bond donors (Lipinski definition) is 1. The van der Waals surface area contributed by atoms with Crippen molar-refractivity contribution in [2.45, 2.75) is 13.5 Å². The van der Waals surface area contributed by atoms with E-state index >= 15 is 0 Å². The van der Waals surface area contributed by atoms with Crippen molar-refractivity contribution in [1.82, 2.24) is 20.2 Å². The molecule has 2 aromatic heterocycles. The Balaban J connectivity index is 1.36. The Hall–Kier alpha value is -3.22. The second-order valence-corrected chi connectivity index (χ2v) is 6.64. The lowest BCUT2D eigenvalue weighted by Crippen LogP contribution is -2.47. The van der Waals surface area contributed by atoms with E-state index in [0.717, 1.165) is 37.8 Å². The van der Waals surface area contributed by atoms with Gasteiger partial charge < -0.3 is 15.1 Å². The molecular formula is C20H23N7. The molecule has 7 heteroatoms. The number of hydrogen-bond acceptors (Lipinski definition) is 7. The lowest BCUT2D eigenvalue weighted by Gasteiger charge is -2.35. The zero-order valence-electron chi connectivity index (χ0n) is 15.4. The Morgan fingerprint density at radius 1 is 0.926 bits per heavy atom. The lowest BCUT2D eigenvalue weighted by atomic mass is 10.1. The zero-order chi connectivity index (χ0) is 18.5. The Morgan fingerprint density at radius 2 is 1.67 bits per heavy atom. The van der Waals surface area contributed by atoms with E-state index < -0.39 is 0 Å². The lowest BCUT2D eigenvalue weighted by molar-refractivity contribution is 0.639. The minimum absolute atomic E-state index is 0.556. The molecule has 1 aliphatic heterocycles. The summed E-state index contributed by atoms with van der Waals surface area (Å²) in [6.07, 6.45) is 3.57. The molecule has 0 unspecified atom stereocenters. The smallest absolute Gasteiger partial charge is 0.244 e. The zero-order valence-corrected chi connectivity index (χ0v) is 15.4. The van der Waals surface area contributed by atoms with Crippen LogP contribution >= 0.6 is 0 Å². The van der Waals surface area contributed by atoms with Crippen molar-refractivity contribution in [3.63, 3.8) is 0 Å². The molecule has 4 rings (SSSR count). The molecule has 0 saturated carbocycles. The second-order valence-electron chi connectivity index (χ2n) is 6.64. The Bertz CT molecular complexity index is 859. The van der Waals surface area contributed by atoms with Crippen LogP contribution in [0.5, 0.6) is 0 Å². The van der Waals surface area contributed by atoms with Crippen molar-refractivity contribution < 1.29 is 0 Å². The largest absolute Gasteiger partial charge is 0.353 e. The van der Waals surface area contributed by atoms with E-state index in [0.29, 0.717) is 12.5 Å². The number of nitrogens with zero attached hydrogens (tertiary/aromatic N) is 6. The number of rotatable bonds is 5. The van der Waals surface area contributed by atoms with Gasteiger partial charge in [0.2, 0.25) is 5.95 Å². The molecule has 0 amide bonds. The van der Waals surface area contributed by atoms with Crippen LogP contribution in [0.25, 0.3) is 0 Å². The molecule has 0 atom stereocenters. The van der Waals surface area contributed by atoms with Gasteiger partial charge in [-0.3, -0.25) is 0 Å². The fourth-order valence-electron chi connectivity index (χ4n) is 3.11. The first-order chi connectivity index (χ1) is 13.3. The van der Waals surface area contributed by atoms with Crippen molar-refractivity contribution in [2.75, 3.05) is 41.3 Å². The van der Waals surface area contributed by atoms with E-state index in [1.165, 1.54) is 11.1 Å². The van der Waals surface area contributed by atoms with Crippen molar-refractivity contribution in [2.24, 2.45) is 0 Å². The maximum absolute atomic E-state index is 4.63. The van der Waals surface area contributed by atoms with Crippen molar-refractivity contribution in [1.29, 1.82) is 0 Å². The molecule has 0 spiro atoms. The SMILES string of the molecule is Cc1ccc(CNc2nncc(N3CCN(c4ccccn4)CC3)n2)cc1. The monoisotopic (exact) mass is 361 g/mol. The van der Waals surface area contributed by atoms with E-state index in [9.17, 15) is 0 Å². The summed E-state index contributed by atoms with van der Waals surface area (Å²) < 4.78 is 0. The van der Waals surface area contributed by atoms with Gasteiger partial charge in [-0.15, -0.1) is 5.10 Å². The van der Waals surface area contributed by atoms with Gasteiger partial charge in [-0.05, 0) is 24.6 Å². The van der Waals surface area contributed by atoms with Crippen LogP contribution < -0.4 is 15.1 Å². The molecule has 0 radical (unpaired) electrons. The molecule has 7 nitrogen and oxygen atoms in total. The van der Waals surface area contributed by atoms with Gasteiger partial charge in [-0.2, -0.15) is 10.1 Å². The average Bonchev–Trinajstić information content (AvgIpc) is 2.74. The van der Waals surface area contributed by atoms with Gasteiger partial charge >= 0.3 is 0 Å². The van der Waals surface area contributed by atoms with Gasteiger partial charge in [-0.25, -0.2) is 4.98 Å².